The van der Waals surface area contributed by atoms with E-state index < -0.39 is 17.0 Å². The summed E-state index contributed by atoms with van der Waals surface area (Å²) in [6.45, 7) is 1.01. The minimum atomic E-state index is -0.502. The Morgan fingerprint density at radius 3 is 1.72 bits per heavy atom. The van der Waals surface area contributed by atoms with E-state index in [1.807, 2.05) is 78.9 Å². The van der Waals surface area contributed by atoms with E-state index in [1.165, 1.54) is 30.3 Å². The van der Waals surface area contributed by atoms with Crippen molar-refractivity contribution in [2.45, 2.75) is 49.4 Å². The second-order valence-electron chi connectivity index (χ2n) is 15.4. The fourth-order valence-corrected chi connectivity index (χ4v) is 8.80. The molecule has 0 aliphatic carbocycles. The quantitative estimate of drug-likeness (QED) is 0.143. The number of piperidine rings is 2. The first-order chi connectivity index (χ1) is 29.0. The van der Waals surface area contributed by atoms with Gasteiger partial charge < -0.3 is 15.1 Å². The van der Waals surface area contributed by atoms with E-state index in [2.05, 4.69) is 4.98 Å². The van der Waals surface area contributed by atoms with E-state index in [4.69, 9.17) is 11.6 Å². The van der Waals surface area contributed by atoms with Gasteiger partial charge in [-0.1, -0.05) is 78.3 Å². The number of halogens is 4. The molecule has 2 N–H and O–H groups in total. The van der Waals surface area contributed by atoms with Crippen LogP contribution in [-0.4, -0.2) is 53.3 Å². The summed E-state index contributed by atoms with van der Waals surface area (Å²) in [7, 11) is 0. The molecule has 2 aliphatic rings. The smallest absolute Gasteiger partial charge is 0.229 e. The van der Waals surface area contributed by atoms with Crippen LogP contribution in [0.4, 0.5) is 24.7 Å². The molecular weight excluding hydrogens is 787 g/mol. The fraction of sp³-hybridized carbons (Fsp3) is 0.245. The van der Waals surface area contributed by atoms with Crippen molar-refractivity contribution in [2.24, 2.45) is 0 Å². The van der Waals surface area contributed by atoms with Gasteiger partial charge in [-0.05, 0) is 110 Å². The number of aliphatic hydroxyl groups is 2. The van der Waals surface area contributed by atoms with Gasteiger partial charge in [-0.3, -0.25) is 14.5 Å². The first kappa shape index (κ1) is 42.3. The van der Waals surface area contributed by atoms with Crippen LogP contribution in [0.15, 0.2) is 140 Å². The predicted molar refractivity (Wildman–Crippen MR) is 229 cm³/mol. The summed E-state index contributed by atoms with van der Waals surface area (Å²) < 4.78 is 41.2. The van der Waals surface area contributed by atoms with Crippen molar-refractivity contribution in [3.8, 4) is 22.4 Å². The Labute approximate surface area is 352 Å². The average molecular weight is 832 g/mol. The third-order valence-corrected chi connectivity index (χ3v) is 12.1. The summed E-state index contributed by atoms with van der Waals surface area (Å²) in [6.07, 6.45) is 3.07. The highest BCUT2D eigenvalue weighted by molar-refractivity contribution is 6.33. The molecule has 2 atom stereocenters. The van der Waals surface area contributed by atoms with Crippen molar-refractivity contribution < 1.29 is 33.0 Å². The molecule has 2 unspecified atom stereocenters. The summed E-state index contributed by atoms with van der Waals surface area (Å²) in [5, 5.41) is 19.4. The van der Waals surface area contributed by atoms with Crippen molar-refractivity contribution in [2.75, 3.05) is 36.1 Å². The molecule has 0 saturated carbocycles. The van der Waals surface area contributed by atoms with Crippen LogP contribution in [0.2, 0.25) is 5.02 Å². The zero-order valence-electron chi connectivity index (χ0n) is 32.9. The molecule has 0 spiro atoms. The van der Waals surface area contributed by atoms with Crippen LogP contribution in [0, 0.1) is 17.5 Å². The Kier molecular flexibility index (Phi) is 13.1. The topological polar surface area (TPSA) is 94.0 Å². The van der Waals surface area contributed by atoms with Crippen molar-refractivity contribution in [1.29, 1.82) is 0 Å². The summed E-state index contributed by atoms with van der Waals surface area (Å²) in [4.78, 5) is 34.3. The maximum Gasteiger partial charge on any atom is 0.229 e. The van der Waals surface area contributed by atoms with Gasteiger partial charge in [0.1, 0.15) is 23.3 Å². The molecule has 2 amide bonds. The lowest BCUT2D eigenvalue weighted by atomic mass is 9.70. The van der Waals surface area contributed by atoms with Crippen LogP contribution < -0.4 is 9.80 Å². The van der Waals surface area contributed by atoms with E-state index in [-0.39, 0.29) is 53.3 Å². The Morgan fingerprint density at radius 2 is 1.17 bits per heavy atom. The second kappa shape index (κ2) is 18.6. The van der Waals surface area contributed by atoms with Crippen LogP contribution in [0.25, 0.3) is 22.4 Å². The molecule has 8 rings (SSSR count). The minimum Gasteiger partial charge on any atom is -0.396 e. The summed E-state index contributed by atoms with van der Waals surface area (Å²) in [6, 6.07) is 39.7. The third kappa shape index (κ3) is 9.16. The first-order valence-electron chi connectivity index (χ1n) is 20.0. The number of rotatable bonds is 10. The number of anilines is 2. The number of amides is 2. The second-order valence-corrected chi connectivity index (χ2v) is 15.8. The monoisotopic (exact) mass is 831 g/mol. The average Bonchev–Trinajstić information content (AvgIpc) is 3.26. The maximum atomic E-state index is 14.6. The predicted octanol–water partition coefficient (Wildman–Crippen LogP) is 10.1. The lowest BCUT2D eigenvalue weighted by molar-refractivity contribution is -0.122. The molecule has 60 heavy (non-hydrogen) atoms. The maximum absolute atomic E-state index is 14.6. The third-order valence-electron chi connectivity index (χ3n) is 11.8. The van der Waals surface area contributed by atoms with Crippen LogP contribution in [0.5, 0.6) is 0 Å². The molecule has 5 aromatic carbocycles. The first-order valence-corrected chi connectivity index (χ1v) is 20.3. The molecule has 308 valence electrons. The molecule has 1 aromatic heterocycles. The standard InChI is InChI=1S/C25H22ClF2NO2.C24H23FN2O2/c26-22-14-18(27)6-8-20(22)21-15-19(7-9-23(21)28)29-12-10-25(11-13-30,16-24(29)31)17-4-2-1-3-5-17;25-20-11-9-18(10-12-20)21-7-4-8-22(26-21)27-15-13-24(14-16-28,17-23(27)29)19-5-2-1-3-6-19/h1-9,14-15,30H,10-13,16H2;1-12,28H,13-17H2. The molecule has 11 heteroatoms. The van der Waals surface area contributed by atoms with Crippen LogP contribution >= 0.6 is 11.6 Å². The number of carbonyl (C=O) groups is 2. The minimum absolute atomic E-state index is 0.00249. The Morgan fingerprint density at radius 1 is 0.600 bits per heavy atom. The number of carbonyl (C=O) groups excluding carboxylic acids is 2. The zero-order chi connectivity index (χ0) is 42.3. The summed E-state index contributed by atoms with van der Waals surface area (Å²) in [5.41, 5.74) is 4.00. The number of nitrogens with zero attached hydrogens (tertiary/aromatic N) is 3. The lowest BCUT2D eigenvalue weighted by Crippen LogP contribution is -2.47. The van der Waals surface area contributed by atoms with Gasteiger partial charge in [-0.2, -0.15) is 0 Å². The number of aliphatic hydroxyl groups excluding tert-OH is 2. The van der Waals surface area contributed by atoms with Crippen molar-refractivity contribution >= 4 is 34.9 Å². The van der Waals surface area contributed by atoms with Crippen molar-refractivity contribution in [3.63, 3.8) is 0 Å². The van der Waals surface area contributed by atoms with E-state index in [0.29, 0.717) is 61.5 Å². The molecule has 0 bridgehead atoms. The normalized spacial score (nSPS) is 19.2. The Balaban J connectivity index is 0.000000182. The molecule has 3 heterocycles. The van der Waals surface area contributed by atoms with Gasteiger partial charge in [-0.25, -0.2) is 18.2 Å². The SMILES string of the molecule is O=C1CC(CCO)(c2ccccc2)CCN1c1ccc(F)c(-c2ccc(F)cc2Cl)c1.O=C1CC(CCO)(c2ccccc2)CCN1c1cccc(-c2ccc(F)cc2)n1. The molecule has 2 fully saturated rings. The molecule has 6 aromatic rings. The Hall–Kier alpha value is -5.81. The lowest BCUT2D eigenvalue weighted by Gasteiger charge is -2.41. The number of hydrogen-bond acceptors (Lipinski definition) is 5. The molecular formula is C49H45ClF3N3O4. The number of benzene rings is 5. The van der Waals surface area contributed by atoms with Crippen LogP contribution in [0.1, 0.15) is 49.7 Å². The molecule has 2 saturated heterocycles. The molecule has 2 aliphatic heterocycles. The van der Waals surface area contributed by atoms with E-state index in [9.17, 15) is 33.0 Å². The van der Waals surface area contributed by atoms with E-state index in [0.717, 1.165) is 29.2 Å². The highest BCUT2D eigenvalue weighted by Gasteiger charge is 2.42. The number of hydrogen-bond donors (Lipinski definition) is 2. The highest BCUT2D eigenvalue weighted by Crippen LogP contribution is 2.42. The van der Waals surface area contributed by atoms with Gasteiger partial charge in [0.25, 0.3) is 0 Å². The fourth-order valence-electron chi connectivity index (χ4n) is 8.53. The molecule has 0 radical (unpaired) electrons. The summed E-state index contributed by atoms with van der Waals surface area (Å²) in [5.74, 6) is -0.790. The largest absolute Gasteiger partial charge is 0.396 e. The van der Waals surface area contributed by atoms with Gasteiger partial charge in [0.05, 0.1) is 10.7 Å². The van der Waals surface area contributed by atoms with E-state index in [1.54, 1.807) is 34.1 Å². The number of aromatic nitrogens is 1. The molecule has 7 nitrogen and oxygen atoms in total. The van der Waals surface area contributed by atoms with Crippen LogP contribution in [-0.2, 0) is 20.4 Å². The number of pyridine rings is 1. The van der Waals surface area contributed by atoms with Gasteiger partial charge in [0, 0.05) is 72.4 Å². The van der Waals surface area contributed by atoms with Crippen LogP contribution in [0.3, 0.4) is 0 Å². The van der Waals surface area contributed by atoms with Gasteiger partial charge >= 0.3 is 0 Å². The summed E-state index contributed by atoms with van der Waals surface area (Å²) >= 11 is 6.13. The van der Waals surface area contributed by atoms with E-state index >= 15 is 0 Å². The zero-order valence-corrected chi connectivity index (χ0v) is 33.7. The highest BCUT2D eigenvalue weighted by atomic mass is 35.5. The Bertz CT molecular complexity index is 2440. The van der Waals surface area contributed by atoms with Crippen molar-refractivity contribution in [1.82, 2.24) is 4.98 Å². The van der Waals surface area contributed by atoms with Gasteiger partial charge in [0.2, 0.25) is 11.8 Å². The van der Waals surface area contributed by atoms with Gasteiger partial charge in [0.15, 0.2) is 0 Å². The van der Waals surface area contributed by atoms with Crippen molar-refractivity contribution in [3.05, 3.63) is 173 Å². The van der Waals surface area contributed by atoms with Gasteiger partial charge in [-0.15, -0.1) is 0 Å².